The number of benzene rings is 1. The Morgan fingerprint density at radius 1 is 1.25 bits per heavy atom. The molecule has 4 heteroatoms. The van der Waals surface area contributed by atoms with Gasteiger partial charge in [-0.1, -0.05) is 32.0 Å². The lowest BCUT2D eigenvalue weighted by atomic mass is 10.0. The Morgan fingerprint density at radius 2 is 1.95 bits per heavy atom. The molecule has 0 aliphatic rings. The first kappa shape index (κ1) is 15.0. The predicted molar refractivity (Wildman–Crippen MR) is 84.7 cm³/mol. The van der Waals surface area contributed by atoms with Crippen molar-refractivity contribution in [2.45, 2.75) is 26.4 Å². The van der Waals surface area contributed by atoms with Crippen LogP contribution in [0, 0.1) is 5.92 Å². The minimum absolute atomic E-state index is 0.478. The smallest absolute Gasteiger partial charge is 0.0841 e. The van der Waals surface area contributed by atoms with Gasteiger partial charge in [0.1, 0.15) is 0 Å². The number of fused-ring (bicyclic) bond motifs is 1. The molecule has 1 aromatic heterocycles. The lowest BCUT2D eigenvalue weighted by Gasteiger charge is -2.25. The van der Waals surface area contributed by atoms with E-state index in [0.29, 0.717) is 12.0 Å². The highest BCUT2D eigenvalue weighted by molar-refractivity contribution is 5.81. The van der Waals surface area contributed by atoms with Crippen molar-refractivity contribution in [1.82, 2.24) is 20.0 Å². The number of nitrogens with zero attached hydrogens (tertiary/aromatic N) is 3. The third kappa shape index (κ3) is 3.38. The van der Waals surface area contributed by atoms with Crippen LogP contribution >= 0.6 is 0 Å². The molecule has 1 unspecified atom stereocenters. The van der Waals surface area contributed by atoms with E-state index in [4.69, 9.17) is 0 Å². The molecule has 0 spiro atoms. The van der Waals surface area contributed by atoms with E-state index in [1.165, 1.54) is 10.9 Å². The van der Waals surface area contributed by atoms with Crippen molar-refractivity contribution in [3.05, 3.63) is 30.0 Å². The van der Waals surface area contributed by atoms with Crippen molar-refractivity contribution in [3.8, 4) is 0 Å². The predicted octanol–water partition coefficient (Wildman–Crippen LogP) is 2.25. The standard InChI is InChI=1S/C16H26N4/c1-12(2)15(11-19(3)4)17-10-14-13-8-6-7-9-16(13)20(5)18-14/h6-9,12,15,17H,10-11H2,1-5H3. The first-order valence-electron chi connectivity index (χ1n) is 7.27. The fraction of sp³-hybridized carbons (Fsp3) is 0.562. The Bertz CT molecular complexity index is 557. The second-order valence-electron chi connectivity index (χ2n) is 6.08. The summed E-state index contributed by atoms with van der Waals surface area (Å²) in [6.07, 6.45) is 0. The third-order valence-electron chi connectivity index (χ3n) is 3.73. The molecule has 20 heavy (non-hydrogen) atoms. The average molecular weight is 274 g/mol. The highest BCUT2D eigenvalue weighted by Gasteiger charge is 2.15. The quantitative estimate of drug-likeness (QED) is 0.877. The molecule has 1 aromatic carbocycles. The normalized spacial score (nSPS) is 13.6. The summed E-state index contributed by atoms with van der Waals surface area (Å²) in [5.41, 5.74) is 2.32. The lowest BCUT2D eigenvalue weighted by Crippen LogP contribution is -2.41. The van der Waals surface area contributed by atoms with Crippen LogP contribution in [0.2, 0.25) is 0 Å². The molecule has 1 atom stereocenters. The molecule has 0 aliphatic heterocycles. The topological polar surface area (TPSA) is 33.1 Å². The summed E-state index contributed by atoms with van der Waals surface area (Å²) < 4.78 is 1.96. The van der Waals surface area contributed by atoms with Crippen LogP contribution in [-0.4, -0.2) is 41.4 Å². The van der Waals surface area contributed by atoms with E-state index in [-0.39, 0.29) is 0 Å². The van der Waals surface area contributed by atoms with Gasteiger partial charge in [0, 0.05) is 31.6 Å². The summed E-state index contributed by atoms with van der Waals surface area (Å²) in [5.74, 6) is 0.604. The minimum atomic E-state index is 0.478. The van der Waals surface area contributed by atoms with Gasteiger partial charge in [0.05, 0.1) is 11.2 Å². The summed E-state index contributed by atoms with van der Waals surface area (Å²) in [6.45, 7) is 6.38. The van der Waals surface area contributed by atoms with Crippen molar-refractivity contribution in [2.75, 3.05) is 20.6 Å². The SMILES string of the molecule is CC(C)C(CN(C)C)NCc1nn(C)c2ccccc12. The van der Waals surface area contributed by atoms with Gasteiger partial charge in [-0.05, 0) is 26.1 Å². The Kier molecular flexibility index (Phi) is 4.78. The maximum Gasteiger partial charge on any atom is 0.0841 e. The molecule has 2 rings (SSSR count). The number of aryl methyl sites for hydroxylation is 1. The van der Waals surface area contributed by atoms with Crippen LogP contribution in [0.4, 0.5) is 0 Å². The number of rotatable bonds is 6. The van der Waals surface area contributed by atoms with Gasteiger partial charge >= 0.3 is 0 Å². The Labute approximate surface area is 121 Å². The van der Waals surface area contributed by atoms with Crippen molar-refractivity contribution < 1.29 is 0 Å². The molecule has 110 valence electrons. The summed E-state index contributed by atoms with van der Waals surface area (Å²) in [6, 6.07) is 8.88. The molecule has 1 heterocycles. The zero-order chi connectivity index (χ0) is 14.7. The fourth-order valence-electron chi connectivity index (χ4n) is 2.55. The van der Waals surface area contributed by atoms with Crippen LogP contribution in [0.1, 0.15) is 19.5 Å². The maximum absolute atomic E-state index is 4.64. The molecule has 0 amide bonds. The van der Waals surface area contributed by atoms with Crippen molar-refractivity contribution in [2.24, 2.45) is 13.0 Å². The number of aromatic nitrogens is 2. The molecular formula is C16H26N4. The van der Waals surface area contributed by atoms with E-state index in [1.54, 1.807) is 0 Å². The van der Waals surface area contributed by atoms with Crippen molar-refractivity contribution in [3.63, 3.8) is 0 Å². The molecule has 2 aromatic rings. The molecule has 0 saturated heterocycles. The number of hydrogen-bond acceptors (Lipinski definition) is 3. The lowest BCUT2D eigenvalue weighted by molar-refractivity contribution is 0.287. The second-order valence-corrected chi connectivity index (χ2v) is 6.08. The summed E-state index contributed by atoms with van der Waals surface area (Å²) in [5, 5.41) is 9.54. The van der Waals surface area contributed by atoms with E-state index < -0.39 is 0 Å². The van der Waals surface area contributed by atoms with Crippen LogP contribution in [-0.2, 0) is 13.6 Å². The van der Waals surface area contributed by atoms with E-state index in [2.05, 4.69) is 67.5 Å². The molecule has 0 fully saturated rings. The van der Waals surface area contributed by atoms with Gasteiger partial charge in [-0.15, -0.1) is 0 Å². The van der Waals surface area contributed by atoms with Crippen LogP contribution in [0.5, 0.6) is 0 Å². The Morgan fingerprint density at radius 3 is 2.60 bits per heavy atom. The molecule has 4 nitrogen and oxygen atoms in total. The van der Waals surface area contributed by atoms with Crippen LogP contribution < -0.4 is 5.32 Å². The van der Waals surface area contributed by atoms with Gasteiger partial charge in [-0.3, -0.25) is 4.68 Å². The largest absolute Gasteiger partial charge is 0.308 e. The number of nitrogens with one attached hydrogen (secondary N) is 1. The fourth-order valence-corrected chi connectivity index (χ4v) is 2.55. The first-order valence-corrected chi connectivity index (χ1v) is 7.27. The van der Waals surface area contributed by atoms with Gasteiger partial charge in [-0.25, -0.2) is 0 Å². The van der Waals surface area contributed by atoms with E-state index in [1.807, 2.05) is 11.7 Å². The summed E-state index contributed by atoms with van der Waals surface area (Å²) >= 11 is 0. The van der Waals surface area contributed by atoms with Crippen LogP contribution in [0.15, 0.2) is 24.3 Å². The molecule has 0 radical (unpaired) electrons. The van der Waals surface area contributed by atoms with E-state index >= 15 is 0 Å². The molecular weight excluding hydrogens is 248 g/mol. The molecule has 0 saturated carbocycles. The summed E-state index contributed by atoms with van der Waals surface area (Å²) in [7, 11) is 6.24. The third-order valence-corrected chi connectivity index (χ3v) is 3.73. The van der Waals surface area contributed by atoms with Crippen molar-refractivity contribution in [1.29, 1.82) is 0 Å². The van der Waals surface area contributed by atoms with Gasteiger partial charge in [0.25, 0.3) is 0 Å². The molecule has 0 aliphatic carbocycles. The van der Waals surface area contributed by atoms with Gasteiger partial charge in [0.2, 0.25) is 0 Å². The monoisotopic (exact) mass is 274 g/mol. The highest BCUT2D eigenvalue weighted by Crippen LogP contribution is 2.17. The van der Waals surface area contributed by atoms with Gasteiger partial charge in [0.15, 0.2) is 0 Å². The highest BCUT2D eigenvalue weighted by atomic mass is 15.3. The zero-order valence-electron chi connectivity index (χ0n) is 13.2. The van der Waals surface area contributed by atoms with Gasteiger partial charge < -0.3 is 10.2 Å². The maximum atomic E-state index is 4.64. The van der Waals surface area contributed by atoms with Crippen molar-refractivity contribution >= 4 is 10.9 Å². The first-order chi connectivity index (χ1) is 9.49. The second kappa shape index (κ2) is 6.37. The summed E-state index contributed by atoms with van der Waals surface area (Å²) in [4.78, 5) is 2.23. The average Bonchev–Trinajstić information content (AvgIpc) is 2.71. The van der Waals surface area contributed by atoms with E-state index in [0.717, 1.165) is 18.8 Å². The molecule has 1 N–H and O–H groups in total. The Hall–Kier alpha value is -1.39. The molecule has 0 bridgehead atoms. The Balaban J connectivity index is 2.12. The van der Waals surface area contributed by atoms with Crippen LogP contribution in [0.25, 0.3) is 10.9 Å². The zero-order valence-corrected chi connectivity index (χ0v) is 13.2. The number of hydrogen-bond donors (Lipinski definition) is 1. The van der Waals surface area contributed by atoms with Crippen LogP contribution in [0.3, 0.4) is 0 Å². The van der Waals surface area contributed by atoms with E-state index in [9.17, 15) is 0 Å². The number of likely N-dealkylation sites (N-methyl/N-ethyl adjacent to an activating group) is 1. The van der Waals surface area contributed by atoms with Gasteiger partial charge in [-0.2, -0.15) is 5.10 Å². The number of para-hydroxylation sites is 1. The minimum Gasteiger partial charge on any atom is -0.308 e.